The molecule has 2 saturated heterocycles. The first-order valence-corrected chi connectivity index (χ1v) is 9.38. The highest BCUT2D eigenvalue weighted by atomic mass is 32.2. The van der Waals surface area contributed by atoms with E-state index in [1.54, 1.807) is 27.7 Å². The standard InChI is InChI=1S/C16H24N2O6S/c1-9(17-23-7)8-10-12(19)18-11(14(20)24-15(2,3)4)16(5,6)25(21,22)13(10)18/h8,11,13H,1-7H3/b10-8-,17-9+/t11-,13+/m0/s1. The molecule has 2 heterocycles. The number of fused-ring (bicyclic) bond motifs is 1. The van der Waals surface area contributed by atoms with Gasteiger partial charge in [0.25, 0.3) is 5.91 Å². The zero-order valence-electron chi connectivity index (χ0n) is 15.5. The normalized spacial score (nSPS) is 29.2. The second-order valence-corrected chi connectivity index (χ2v) is 10.3. The molecular formula is C16H24N2O6S. The molecule has 25 heavy (non-hydrogen) atoms. The van der Waals surface area contributed by atoms with Crippen molar-refractivity contribution in [2.24, 2.45) is 5.16 Å². The average molecular weight is 372 g/mol. The lowest BCUT2D eigenvalue weighted by atomic mass is 9.95. The Morgan fingerprint density at radius 3 is 2.36 bits per heavy atom. The molecule has 0 aliphatic carbocycles. The third kappa shape index (κ3) is 2.94. The van der Waals surface area contributed by atoms with Gasteiger partial charge in [-0.25, -0.2) is 13.2 Å². The fourth-order valence-corrected chi connectivity index (χ4v) is 5.19. The number of oxime groups is 1. The largest absolute Gasteiger partial charge is 0.458 e. The maximum absolute atomic E-state index is 12.9. The molecule has 0 bridgehead atoms. The van der Waals surface area contributed by atoms with Crippen molar-refractivity contribution in [2.75, 3.05) is 7.11 Å². The molecule has 2 aliphatic heterocycles. The highest BCUT2D eigenvalue weighted by molar-refractivity contribution is 7.94. The van der Waals surface area contributed by atoms with E-state index in [0.717, 1.165) is 4.90 Å². The first kappa shape index (κ1) is 19.4. The Balaban J connectivity index is 2.48. The summed E-state index contributed by atoms with van der Waals surface area (Å²) in [7, 11) is -2.47. The molecule has 0 N–H and O–H groups in total. The predicted molar refractivity (Wildman–Crippen MR) is 91.5 cm³/mol. The van der Waals surface area contributed by atoms with E-state index in [9.17, 15) is 18.0 Å². The Morgan fingerprint density at radius 1 is 1.32 bits per heavy atom. The fourth-order valence-electron chi connectivity index (χ4n) is 3.08. The predicted octanol–water partition coefficient (Wildman–Crippen LogP) is 1.02. The Morgan fingerprint density at radius 2 is 1.88 bits per heavy atom. The van der Waals surface area contributed by atoms with Gasteiger partial charge in [0.15, 0.2) is 21.3 Å². The minimum Gasteiger partial charge on any atom is -0.458 e. The van der Waals surface area contributed by atoms with Gasteiger partial charge in [0, 0.05) is 0 Å². The molecule has 2 atom stereocenters. The Labute approximate surface area is 147 Å². The van der Waals surface area contributed by atoms with Crippen molar-refractivity contribution in [2.45, 2.75) is 63.3 Å². The molecule has 0 aromatic rings. The van der Waals surface area contributed by atoms with Crippen molar-refractivity contribution in [1.82, 2.24) is 4.90 Å². The number of allylic oxidation sites excluding steroid dienone is 1. The minimum absolute atomic E-state index is 0.0810. The lowest BCUT2D eigenvalue weighted by Crippen LogP contribution is -2.59. The number of nitrogens with zero attached hydrogens (tertiary/aromatic N) is 2. The van der Waals surface area contributed by atoms with E-state index in [2.05, 4.69) is 9.99 Å². The van der Waals surface area contributed by atoms with Gasteiger partial charge < -0.3 is 14.5 Å². The van der Waals surface area contributed by atoms with Gasteiger partial charge in [0.05, 0.1) is 11.3 Å². The summed E-state index contributed by atoms with van der Waals surface area (Å²) in [6.07, 6.45) is 1.37. The molecule has 0 spiro atoms. The number of sulfone groups is 1. The van der Waals surface area contributed by atoms with Gasteiger partial charge in [-0.15, -0.1) is 0 Å². The molecule has 2 fully saturated rings. The van der Waals surface area contributed by atoms with Gasteiger partial charge in [0.1, 0.15) is 17.5 Å². The van der Waals surface area contributed by atoms with Crippen LogP contribution in [0.1, 0.15) is 41.5 Å². The molecule has 0 radical (unpaired) electrons. The number of esters is 1. The van der Waals surface area contributed by atoms with E-state index >= 15 is 0 Å². The fraction of sp³-hybridized carbons (Fsp3) is 0.688. The summed E-state index contributed by atoms with van der Waals surface area (Å²) < 4.78 is 29.8. The summed E-state index contributed by atoms with van der Waals surface area (Å²) in [6.45, 7) is 9.53. The number of carbonyl (C=O) groups is 2. The van der Waals surface area contributed by atoms with Crippen molar-refractivity contribution < 1.29 is 27.6 Å². The number of amides is 1. The molecule has 9 heteroatoms. The van der Waals surface area contributed by atoms with E-state index < -0.39 is 43.5 Å². The van der Waals surface area contributed by atoms with Crippen LogP contribution >= 0.6 is 0 Å². The number of carbonyl (C=O) groups excluding carboxylic acids is 2. The van der Waals surface area contributed by atoms with Crippen LogP contribution in [0.25, 0.3) is 0 Å². The van der Waals surface area contributed by atoms with Crippen molar-refractivity contribution in [3.05, 3.63) is 11.6 Å². The molecule has 1 amide bonds. The van der Waals surface area contributed by atoms with Gasteiger partial charge in [-0.05, 0) is 47.6 Å². The van der Waals surface area contributed by atoms with E-state index in [-0.39, 0.29) is 5.57 Å². The first-order chi connectivity index (χ1) is 11.3. The molecule has 0 aromatic carbocycles. The van der Waals surface area contributed by atoms with E-state index in [4.69, 9.17) is 4.74 Å². The number of ether oxygens (including phenoxy) is 1. The SMILES string of the molecule is CO/N=C(C)/C=C1/C(=O)N2[C@@H](C(=O)OC(C)(C)C)C(C)(C)S(=O)(=O)[C@H]12. The Bertz CT molecular complexity index is 773. The van der Waals surface area contributed by atoms with Crippen LogP contribution in [0, 0.1) is 0 Å². The molecule has 2 aliphatic rings. The van der Waals surface area contributed by atoms with Crippen LogP contribution in [-0.4, -0.2) is 59.8 Å². The summed E-state index contributed by atoms with van der Waals surface area (Å²) in [6, 6.07) is -1.19. The molecule has 8 nitrogen and oxygen atoms in total. The number of hydrogen-bond donors (Lipinski definition) is 0. The number of hydrogen-bond acceptors (Lipinski definition) is 7. The van der Waals surface area contributed by atoms with Gasteiger partial charge >= 0.3 is 5.97 Å². The summed E-state index contributed by atoms with van der Waals surface area (Å²) in [5.74, 6) is -1.24. The lowest BCUT2D eigenvalue weighted by Gasteiger charge is -2.39. The average Bonchev–Trinajstić information content (AvgIpc) is 2.56. The topological polar surface area (TPSA) is 102 Å². The molecular weight excluding hydrogens is 348 g/mol. The molecule has 140 valence electrons. The second kappa shape index (κ2) is 5.82. The summed E-state index contributed by atoms with van der Waals surface area (Å²) >= 11 is 0. The Kier molecular flexibility index (Phi) is 4.53. The number of rotatable bonds is 3. The van der Waals surface area contributed by atoms with Crippen molar-refractivity contribution in [3.8, 4) is 0 Å². The van der Waals surface area contributed by atoms with Crippen LogP contribution in [0.3, 0.4) is 0 Å². The monoisotopic (exact) mass is 372 g/mol. The van der Waals surface area contributed by atoms with Crippen LogP contribution in [0.4, 0.5) is 0 Å². The maximum atomic E-state index is 12.9. The third-order valence-electron chi connectivity index (χ3n) is 4.19. The summed E-state index contributed by atoms with van der Waals surface area (Å²) in [4.78, 5) is 30.8. The molecule has 0 saturated carbocycles. The lowest BCUT2D eigenvalue weighted by molar-refractivity contribution is -0.166. The van der Waals surface area contributed by atoms with Gasteiger partial charge in [-0.3, -0.25) is 4.79 Å². The first-order valence-electron chi connectivity index (χ1n) is 7.84. The van der Waals surface area contributed by atoms with Gasteiger partial charge in [-0.1, -0.05) is 5.16 Å². The second-order valence-electron chi connectivity index (χ2n) is 7.66. The van der Waals surface area contributed by atoms with E-state index in [1.165, 1.54) is 27.0 Å². The zero-order valence-corrected chi connectivity index (χ0v) is 16.3. The van der Waals surface area contributed by atoms with Crippen molar-refractivity contribution in [3.63, 3.8) is 0 Å². The number of β-lactam (4-membered cyclic amide) rings is 1. The molecule has 2 rings (SSSR count). The highest BCUT2D eigenvalue weighted by Gasteiger charge is 2.70. The summed E-state index contributed by atoms with van der Waals surface area (Å²) in [5.41, 5.74) is -0.347. The smallest absolute Gasteiger partial charge is 0.331 e. The van der Waals surface area contributed by atoms with Crippen LogP contribution < -0.4 is 0 Å². The molecule has 0 unspecified atom stereocenters. The van der Waals surface area contributed by atoms with Crippen LogP contribution in [0.15, 0.2) is 16.8 Å². The van der Waals surface area contributed by atoms with Gasteiger partial charge in [-0.2, -0.15) is 0 Å². The quantitative estimate of drug-likeness (QED) is 0.241. The summed E-state index contributed by atoms with van der Waals surface area (Å²) in [5, 5.41) is 2.49. The van der Waals surface area contributed by atoms with Crippen LogP contribution in [0.5, 0.6) is 0 Å². The van der Waals surface area contributed by atoms with E-state index in [1.807, 2.05) is 0 Å². The zero-order chi connectivity index (χ0) is 19.4. The van der Waals surface area contributed by atoms with Gasteiger partial charge in [0.2, 0.25) is 0 Å². The maximum Gasteiger partial charge on any atom is 0.331 e. The van der Waals surface area contributed by atoms with E-state index in [0.29, 0.717) is 5.71 Å². The van der Waals surface area contributed by atoms with Crippen LogP contribution in [0.2, 0.25) is 0 Å². The van der Waals surface area contributed by atoms with Crippen molar-refractivity contribution >= 4 is 27.4 Å². The Hall–Kier alpha value is -1.90. The van der Waals surface area contributed by atoms with Crippen LogP contribution in [-0.2, 0) is 29.0 Å². The third-order valence-corrected chi connectivity index (χ3v) is 6.95. The highest BCUT2D eigenvalue weighted by Crippen LogP contribution is 2.48. The van der Waals surface area contributed by atoms with Crippen molar-refractivity contribution in [1.29, 1.82) is 0 Å². The minimum atomic E-state index is -3.82. The molecule has 0 aromatic heterocycles.